The van der Waals surface area contributed by atoms with Crippen molar-refractivity contribution in [2.75, 3.05) is 5.32 Å². The third-order valence-electron chi connectivity index (χ3n) is 3.53. The highest BCUT2D eigenvalue weighted by Crippen LogP contribution is 2.20. The fraction of sp³-hybridized carbons (Fsp3) is 0.263. The van der Waals surface area contributed by atoms with E-state index in [0.717, 1.165) is 23.3 Å². The van der Waals surface area contributed by atoms with E-state index in [4.69, 9.17) is 10.00 Å². The molecule has 0 aliphatic carbocycles. The molecular formula is C19H20N2O2. The number of nitrogens with one attached hydrogen (secondary N) is 1. The first kappa shape index (κ1) is 16.6. The molecule has 2 rings (SSSR count). The predicted octanol–water partition coefficient (Wildman–Crippen LogP) is 3.72. The number of benzene rings is 2. The highest BCUT2D eigenvalue weighted by Gasteiger charge is 2.16. The molecule has 0 aliphatic heterocycles. The summed E-state index contributed by atoms with van der Waals surface area (Å²) in [5, 5.41) is 11.5. The third kappa shape index (κ3) is 4.58. The van der Waals surface area contributed by atoms with Crippen LogP contribution in [0.15, 0.2) is 48.5 Å². The van der Waals surface area contributed by atoms with E-state index < -0.39 is 6.10 Å². The molecule has 4 nitrogen and oxygen atoms in total. The molecule has 0 saturated heterocycles. The highest BCUT2D eigenvalue weighted by atomic mass is 16.5. The molecule has 0 fully saturated rings. The second-order valence-corrected chi connectivity index (χ2v) is 5.24. The van der Waals surface area contributed by atoms with Crippen LogP contribution in [-0.2, 0) is 17.6 Å². The van der Waals surface area contributed by atoms with Gasteiger partial charge in [0.15, 0.2) is 6.10 Å². The number of hydrogen-bond donors (Lipinski definition) is 1. The summed E-state index contributed by atoms with van der Waals surface area (Å²) >= 11 is 0. The first-order chi connectivity index (χ1) is 11.1. The monoisotopic (exact) mass is 308 g/mol. The Kier molecular flexibility index (Phi) is 5.76. The van der Waals surface area contributed by atoms with Crippen LogP contribution < -0.4 is 10.1 Å². The highest BCUT2D eigenvalue weighted by molar-refractivity contribution is 5.94. The van der Waals surface area contributed by atoms with E-state index in [1.54, 1.807) is 19.1 Å². The van der Waals surface area contributed by atoms with Crippen LogP contribution in [0.2, 0.25) is 0 Å². The van der Waals surface area contributed by atoms with Gasteiger partial charge in [-0.1, -0.05) is 37.3 Å². The Balaban J connectivity index is 1.98. The van der Waals surface area contributed by atoms with E-state index in [9.17, 15) is 4.79 Å². The number of rotatable bonds is 6. The minimum absolute atomic E-state index is 0.205. The molecule has 1 N–H and O–H groups in total. The van der Waals surface area contributed by atoms with E-state index in [2.05, 4.69) is 18.3 Å². The molecule has 0 bridgehead atoms. The summed E-state index contributed by atoms with van der Waals surface area (Å²) in [5.74, 6) is 0.533. The SMILES string of the molecule is CCc1ccccc1O[C@@H](C)C(=O)Nc1ccc(CC#N)cc1. The second kappa shape index (κ2) is 8.00. The number of anilines is 1. The molecule has 0 unspecified atom stereocenters. The van der Waals surface area contributed by atoms with E-state index in [0.29, 0.717) is 12.1 Å². The summed E-state index contributed by atoms with van der Waals surface area (Å²) in [6, 6.07) is 17.1. The Morgan fingerprint density at radius 1 is 1.22 bits per heavy atom. The van der Waals surface area contributed by atoms with Crippen LogP contribution in [0.5, 0.6) is 5.75 Å². The maximum atomic E-state index is 12.2. The standard InChI is InChI=1S/C19H20N2O2/c1-3-16-6-4-5-7-18(16)23-14(2)19(22)21-17-10-8-15(9-11-17)12-13-20/h4-11,14H,3,12H2,1-2H3,(H,21,22)/t14-/m0/s1. The number of nitrogens with zero attached hydrogens (tertiary/aromatic N) is 1. The lowest BCUT2D eigenvalue weighted by Gasteiger charge is -2.17. The average molecular weight is 308 g/mol. The number of carbonyl (C=O) groups excluding carboxylic acids is 1. The number of nitriles is 1. The molecule has 118 valence electrons. The third-order valence-corrected chi connectivity index (χ3v) is 3.53. The molecule has 0 aliphatic rings. The molecule has 1 atom stereocenters. The largest absolute Gasteiger partial charge is 0.481 e. The second-order valence-electron chi connectivity index (χ2n) is 5.24. The van der Waals surface area contributed by atoms with Crippen molar-refractivity contribution in [3.05, 3.63) is 59.7 Å². The summed E-state index contributed by atoms with van der Waals surface area (Å²) in [6.45, 7) is 3.78. The smallest absolute Gasteiger partial charge is 0.265 e. The zero-order chi connectivity index (χ0) is 16.7. The van der Waals surface area contributed by atoms with Crippen LogP contribution in [0, 0.1) is 11.3 Å². The average Bonchev–Trinajstić information content (AvgIpc) is 2.57. The van der Waals surface area contributed by atoms with Crippen LogP contribution in [0.4, 0.5) is 5.69 Å². The lowest BCUT2D eigenvalue weighted by Crippen LogP contribution is -2.30. The Labute approximate surface area is 136 Å². The summed E-state index contributed by atoms with van der Waals surface area (Å²) < 4.78 is 5.78. The maximum Gasteiger partial charge on any atom is 0.265 e. The van der Waals surface area contributed by atoms with Crippen molar-refractivity contribution in [2.24, 2.45) is 0 Å². The first-order valence-electron chi connectivity index (χ1n) is 7.65. The quantitative estimate of drug-likeness (QED) is 0.884. The molecule has 0 aromatic heterocycles. The van der Waals surface area contributed by atoms with Crippen LogP contribution in [-0.4, -0.2) is 12.0 Å². The Bertz CT molecular complexity index is 702. The number of aryl methyl sites for hydroxylation is 1. The zero-order valence-electron chi connectivity index (χ0n) is 13.4. The van der Waals surface area contributed by atoms with Crippen molar-refractivity contribution in [2.45, 2.75) is 32.8 Å². The lowest BCUT2D eigenvalue weighted by molar-refractivity contribution is -0.122. The van der Waals surface area contributed by atoms with Gasteiger partial charge in [-0.15, -0.1) is 0 Å². The lowest BCUT2D eigenvalue weighted by atomic mass is 10.1. The molecule has 4 heteroatoms. The van der Waals surface area contributed by atoms with Gasteiger partial charge in [0.25, 0.3) is 5.91 Å². The number of amides is 1. The normalized spacial score (nSPS) is 11.3. The van der Waals surface area contributed by atoms with E-state index in [1.807, 2.05) is 36.4 Å². The van der Waals surface area contributed by atoms with Crippen LogP contribution >= 0.6 is 0 Å². The first-order valence-corrected chi connectivity index (χ1v) is 7.65. The molecular weight excluding hydrogens is 288 g/mol. The number of ether oxygens (including phenoxy) is 1. The zero-order valence-corrected chi connectivity index (χ0v) is 13.4. The van der Waals surface area contributed by atoms with Gasteiger partial charge in [0.2, 0.25) is 0 Å². The van der Waals surface area contributed by atoms with Gasteiger partial charge in [-0.2, -0.15) is 5.26 Å². The Hall–Kier alpha value is -2.80. The van der Waals surface area contributed by atoms with E-state index in [1.165, 1.54) is 0 Å². The fourth-order valence-electron chi connectivity index (χ4n) is 2.20. The minimum Gasteiger partial charge on any atom is -0.481 e. The predicted molar refractivity (Wildman–Crippen MR) is 90.3 cm³/mol. The van der Waals surface area contributed by atoms with Gasteiger partial charge in [0.1, 0.15) is 5.75 Å². The van der Waals surface area contributed by atoms with Crippen LogP contribution in [0.25, 0.3) is 0 Å². The van der Waals surface area contributed by atoms with Gasteiger partial charge in [-0.05, 0) is 42.7 Å². The number of hydrogen-bond acceptors (Lipinski definition) is 3. The van der Waals surface area contributed by atoms with Crippen molar-refractivity contribution >= 4 is 11.6 Å². The van der Waals surface area contributed by atoms with Crippen molar-refractivity contribution in [3.63, 3.8) is 0 Å². The fourth-order valence-corrected chi connectivity index (χ4v) is 2.20. The number of para-hydroxylation sites is 1. The van der Waals surface area contributed by atoms with Crippen molar-refractivity contribution in [3.8, 4) is 11.8 Å². The van der Waals surface area contributed by atoms with Gasteiger partial charge in [-0.25, -0.2) is 0 Å². The molecule has 1 amide bonds. The molecule has 0 saturated carbocycles. The van der Waals surface area contributed by atoms with Crippen molar-refractivity contribution < 1.29 is 9.53 Å². The van der Waals surface area contributed by atoms with Gasteiger partial charge < -0.3 is 10.1 Å². The molecule has 2 aromatic carbocycles. The molecule has 23 heavy (non-hydrogen) atoms. The summed E-state index contributed by atoms with van der Waals surface area (Å²) in [5.41, 5.74) is 2.69. The summed E-state index contributed by atoms with van der Waals surface area (Å²) in [4.78, 5) is 12.2. The van der Waals surface area contributed by atoms with Gasteiger partial charge in [0.05, 0.1) is 12.5 Å². The summed E-state index contributed by atoms with van der Waals surface area (Å²) in [6.07, 6.45) is 0.619. The van der Waals surface area contributed by atoms with Gasteiger partial charge in [0, 0.05) is 5.69 Å². The molecule has 0 radical (unpaired) electrons. The maximum absolute atomic E-state index is 12.2. The van der Waals surface area contributed by atoms with Gasteiger partial charge >= 0.3 is 0 Å². The Morgan fingerprint density at radius 3 is 2.57 bits per heavy atom. The van der Waals surface area contributed by atoms with Crippen LogP contribution in [0.3, 0.4) is 0 Å². The van der Waals surface area contributed by atoms with E-state index in [-0.39, 0.29) is 5.91 Å². The molecule has 0 spiro atoms. The van der Waals surface area contributed by atoms with Crippen LogP contribution in [0.1, 0.15) is 25.0 Å². The van der Waals surface area contributed by atoms with Crippen molar-refractivity contribution in [1.82, 2.24) is 0 Å². The Morgan fingerprint density at radius 2 is 1.91 bits per heavy atom. The summed E-state index contributed by atoms with van der Waals surface area (Å²) in [7, 11) is 0. The molecule has 0 heterocycles. The van der Waals surface area contributed by atoms with Crippen molar-refractivity contribution in [1.29, 1.82) is 5.26 Å². The number of carbonyl (C=O) groups is 1. The minimum atomic E-state index is -0.596. The molecule has 2 aromatic rings. The van der Waals surface area contributed by atoms with E-state index >= 15 is 0 Å². The topological polar surface area (TPSA) is 62.1 Å². The van der Waals surface area contributed by atoms with Gasteiger partial charge in [-0.3, -0.25) is 4.79 Å².